The number of aromatic hydroxyl groups is 1. The number of esters is 1. The third-order valence-corrected chi connectivity index (χ3v) is 5.15. The van der Waals surface area contributed by atoms with Crippen LogP contribution in [0.25, 0.3) is 6.08 Å². The molecule has 0 radical (unpaired) electrons. The number of nitrogens with zero attached hydrogens (tertiary/aromatic N) is 1. The Morgan fingerprint density at radius 2 is 1.97 bits per heavy atom. The molecule has 0 unspecified atom stereocenters. The molecule has 0 aliphatic carbocycles. The quantitative estimate of drug-likeness (QED) is 0.680. The van der Waals surface area contributed by atoms with Gasteiger partial charge in [0.25, 0.3) is 0 Å². The van der Waals surface area contributed by atoms with Crippen molar-refractivity contribution in [3.05, 3.63) is 69.8 Å². The fourth-order valence-corrected chi connectivity index (χ4v) is 3.80. The molecule has 2 aromatic rings. The maximum Gasteiger partial charge on any atom is 0.344 e. The minimum absolute atomic E-state index is 0.00860. The Hall–Kier alpha value is -3.19. The number of aliphatic hydroxyl groups is 1. The van der Waals surface area contributed by atoms with Crippen molar-refractivity contribution in [1.82, 2.24) is 0 Å². The van der Waals surface area contributed by atoms with E-state index in [-0.39, 0.29) is 17.1 Å². The molecule has 2 aromatic carbocycles. The summed E-state index contributed by atoms with van der Waals surface area (Å²) in [6, 6.07) is 12.6. The van der Waals surface area contributed by atoms with E-state index in [1.54, 1.807) is 24.3 Å². The van der Waals surface area contributed by atoms with E-state index in [0.717, 1.165) is 17.3 Å². The van der Waals surface area contributed by atoms with Crippen LogP contribution < -0.4 is 4.74 Å². The molecule has 150 valence electrons. The van der Waals surface area contributed by atoms with E-state index in [1.165, 1.54) is 7.11 Å². The zero-order valence-corrected chi connectivity index (χ0v) is 17.1. The number of methoxy groups -OCH3 is 1. The topological polar surface area (TPSA) is 88.4 Å². The van der Waals surface area contributed by atoms with Gasteiger partial charge < -0.3 is 19.7 Å². The van der Waals surface area contributed by atoms with Crippen molar-refractivity contribution in [2.45, 2.75) is 13.8 Å². The summed E-state index contributed by atoms with van der Waals surface area (Å²) in [6.45, 7) is 4.18. The Labute approximate surface area is 173 Å². The van der Waals surface area contributed by atoms with Gasteiger partial charge in [0.2, 0.25) is 0 Å². The maximum atomic E-state index is 12.3. The number of benzene rings is 2. The number of carbonyl (C=O) groups is 1. The van der Waals surface area contributed by atoms with E-state index in [0.29, 0.717) is 33.6 Å². The smallest absolute Gasteiger partial charge is 0.344 e. The molecule has 0 saturated carbocycles. The number of aliphatic hydroxyl groups excluding tert-OH is 1. The van der Waals surface area contributed by atoms with Gasteiger partial charge >= 0.3 is 5.97 Å². The van der Waals surface area contributed by atoms with Gasteiger partial charge in [-0.3, -0.25) is 0 Å². The lowest BCUT2D eigenvalue weighted by molar-refractivity contribution is -0.135. The average molecular weight is 411 g/mol. The molecule has 0 aromatic heterocycles. The lowest BCUT2D eigenvalue weighted by atomic mass is 10.1. The highest BCUT2D eigenvalue weighted by Crippen LogP contribution is 2.42. The fraction of sp³-hybridized carbons (Fsp3) is 0.182. The summed E-state index contributed by atoms with van der Waals surface area (Å²) in [6.07, 6.45) is 1.58. The van der Waals surface area contributed by atoms with Crippen LogP contribution in [0.2, 0.25) is 0 Å². The van der Waals surface area contributed by atoms with E-state index in [2.05, 4.69) is 4.99 Å². The summed E-state index contributed by atoms with van der Waals surface area (Å²) in [4.78, 5) is 17.2. The van der Waals surface area contributed by atoms with Gasteiger partial charge in [-0.15, -0.1) is 0 Å². The number of rotatable bonds is 5. The van der Waals surface area contributed by atoms with Crippen molar-refractivity contribution in [3.8, 4) is 11.5 Å². The van der Waals surface area contributed by atoms with Crippen molar-refractivity contribution in [2.24, 2.45) is 4.99 Å². The second kappa shape index (κ2) is 8.87. The Morgan fingerprint density at radius 3 is 2.66 bits per heavy atom. The first kappa shape index (κ1) is 20.5. The van der Waals surface area contributed by atoms with Crippen molar-refractivity contribution < 1.29 is 24.5 Å². The van der Waals surface area contributed by atoms with Crippen LogP contribution in [0.4, 0.5) is 5.69 Å². The number of aryl methyl sites for hydroxylation is 1. The number of hydrogen-bond acceptors (Lipinski definition) is 7. The SMILES string of the molecule is CCOc1cccc(/C=C2/SC(=Nc3cccc(C)c3)C(C(=O)OC)=C2O)c1O. The predicted octanol–water partition coefficient (Wildman–Crippen LogP) is 4.90. The number of thioether (sulfide) groups is 1. The molecule has 1 heterocycles. The summed E-state index contributed by atoms with van der Waals surface area (Å²) in [7, 11) is 1.25. The second-order valence-corrected chi connectivity index (χ2v) is 7.24. The number of hydrogen-bond donors (Lipinski definition) is 2. The first-order chi connectivity index (χ1) is 13.9. The van der Waals surface area contributed by atoms with E-state index >= 15 is 0 Å². The molecule has 0 saturated heterocycles. The van der Waals surface area contributed by atoms with Gasteiger partial charge in [-0.05, 0) is 43.7 Å². The highest BCUT2D eigenvalue weighted by atomic mass is 32.2. The number of ether oxygens (including phenoxy) is 2. The van der Waals surface area contributed by atoms with Gasteiger partial charge in [0.05, 0.1) is 24.3 Å². The Bertz CT molecular complexity index is 1040. The van der Waals surface area contributed by atoms with Crippen LogP contribution in [0.1, 0.15) is 18.1 Å². The molecule has 0 bridgehead atoms. The zero-order chi connectivity index (χ0) is 21.0. The van der Waals surface area contributed by atoms with Gasteiger partial charge in [-0.1, -0.05) is 36.0 Å². The largest absolute Gasteiger partial charge is 0.506 e. The fourth-order valence-electron chi connectivity index (χ4n) is 2.77. The molecule has 0 spiro atoms. The van der Waals surface area contributed by atoms with Crippen LogP contribution in [0, 0.1) is 6.92 Å². The highest BCUT2D eigenvalue weighted by molar-refractivity contribution is 8.18. The van der Waals surface area contributed by atoms with Gasteiger partial charge in [-0.25, -0.2) is 9.79 Å². The van der Waals surface area contributed by atoms with Crippen LogP contribution >= 0.6 is 11.8 Å². The highest BCUT2D eigenvalue weighted by Gasteiger charge is 2.33. The molecule has 0 amide bonds. The molecule has 1 aliphatic heterocycles. The molecule has 7 heteroatoms. The molecule has 29 heavy (non-hydrogen) atoms. The number of para-hydroxylation sites is 1. The maximum absolute atomic E-state index is 12.3. The molecular formula is C22H21NO5S. The first-order valence-electron chi connectivity index (χ1n) is 8.96. The minimum Gasteiger partial charge on any atom is -0.506 e. The molecule has 0 atom stereocenters. The van der Waals surface area contributed by atoms with Crippen molar-refractivity contribution in [3.63, 3.8) is 0 Å². The molecule has 3 rings (SSSR count). The number of phenolic OH excluding ortho intramolecular Hbond substituents is 1. The standard InChI is InChI=1S/C22H21NO5S/c1-4-28-16-10-6-8-14(19(16)24)12-17-20(25)18(22(26)27-3)21(29-17)23-15-9-5-7-13(2)11-15/h5-12,24-25H,4H2,1-3H3/b17-12+,23-21?. The van der Waals surface area contributed by atoms with Crippen LogP contribution in [0.5, 0.6) is 11.5 Å². The first-order valence-corrected chi connectivity index (χ1v) is 9.78. The molecule has 2 N–H and O–H groups in total. The number of phenols is 1. The number of carbonyl (C=O) groups excluding carboxylic acids is 1. The van der Waals surface area contributed by atoms with Crippen LogP contribution in [0.15, 0.2) is 63.7 Å². The summed E-state index contributed by atoms with van der Waals surface area (Å²) in [5.41, 5.74) is 2.12. The Balaban J connectivity index is 2.06. The summed E-state index contributed by atoms with van der Waals surface area (Å²) in [5, 5.41) is 21.4. The van der Waals surface area contributed by atoms with Gasteiger partial charge in [0.1, 0.15) is 16.4 Å². The van der Waals surface area contributed by atoms with E-state index in [1.807, 2.05) is 38.1 Å². The van der Waals surface area contributed by atoms with Crippen molar-refractivity contribution >= 4 is 34.5 Å². The van der Waals surface area contributed by atoms with E-state index < -0.39 is 5.97 Å². The van der Waals surface area contributed by atoms with E-state index in [4.69, 9.17) is 9.47 Å². The van der Waals surface area contributed by atoms with Crippen molar-refractivity contribution in [2.75, 3.05) is 13.7 Å². The lowest BCUT2D eigenvalue weighted by Gasteiger charge is -2.08. The predicted molar refractivity (Wildman–Crippen MR) is 115 cm³/mol. The lowest BCUT2D eigenvalue weighted by Crippen LogP contribution is -2.10. The number of aliphatic imine (C=N–C) groups is 1. The molecular weight excluding hydrogens is 390 g/mol. The Morgan fingerprint density at radius 1 is 1.21 bits per heavy atom. The monoisotopic (exact) mass is 411 g/mol. The van der Waals surface area contributed by atoms with Gasteiger partial charge in [0.15, 0.2) is 11.5 Å². The van der Waals surface area contributed by atoms with Crippen molar-refractivity contribution in [1.29, 1.82) is 0 Å². The van der Waals surface area contributed by atoms with Crippen LogP contribution in [-0.2, 0) is 9.53 Å². The second-order valence-electron chi connectivity index (χ2n) is 6.21. The van der Waals surface area contributed by atoms with Crippen LogP contribution in [-0.4, -0.2) is 34.9 Å². The molecule has 1 aliphatic rings. The average Bonchev–Trinajstić information content (AvgIpc) is 2.99. The Kier molecular flexibility index (Phi) is 6.29. The van der Waals surface area contributed by atoms with Crippen LogP contribution in [0.3, 0.4) is 0 Å². The van der Waals surface area contributed by atoms with E-state index in [9.17, 15) is 15.0 Å². The van der Waals surface area contributed by atoms with Gasteiger partial charge in [0, 0.05) is 5.56 Å². The zero-order valence-electron chi connectivity index (χ0n) is 16.3. The third-order valence-electron chi connectivity index (χ3n) is 4.13. The normalized spacial score (nSPS) is 16.5. The minimum atomic E-state index is -0.683. The molecule has 0 fully saturated rings. The summed E-state index contributed by atoms with van der Waals surface area (Å²) >= 11 is 1.13. The third kappa shape index (κ3) is 4.46. The molecule has 6 nitrogen and oxygen atoms in total. The summed E-state index contributed by atoms with van der Waals surface area (Å²) < 4.78 is 10.2. The summed E-state index contributed by atoms with van der Waals surface area (Å²) in [5.74, 6) is -0.624. The van der Waals surface area contributed by atoms with Gasteiger partial charge in [-0.2, -0.15) is 0 Å².